The van der Waals surface area contributed by atoms with Gasteiger partial charge in [0, 0.05) is 16.7 Å². The van der Waals surface area contributed by atoms with E-state index in [4.69, 9.17) is 17.2 Å². The number of phenolic OH excluding ortho intramolecular Hbond substituents is 1. The van der Waals surface area contributed by atoms with Crippen LogP contribution in [0.3, 0.4) is 0 Å². The largest absolute Gasteiger partial charge is 0.507 e. The second kappa shape index (κ2) is 9.69. The van der Waals surface area contributed by atoms with Crippen molar-refractivity contribution in [1.82, 2.24) is 4.90 Å². The number of nitriles is 2. The summed E-state index contributed by atoms with van der Waals surface area (Å²) < 4.78 is 0. The minimum atomic E-state index is -2.81. The zero-order valence-electron chi connectivity index (χ0n) is 23.2. The zero-order valence-corrected chi connectivity index (χ0v) is 23.2. The van der Waals surface area contributed by atoms with E-state index in [-0.39, 0.29) is 17.5 Å². The molecule has 0 radical (unpaired) electrons. The first-order valence-corrected chi connectivity index (χ1v) is 13.2. The van der Waals surface area contributed by atoms with E-state index in [0.29, 0.717) is 16.7 Å². The van der Waals surface area contributed by atoms with Crippen molar-refractivity contribution < 1.29 is 29.1 Å². The molecule has 216 valence electrons. The maximum Gasteiger partial charge on any atom is 0.235 e. The van der Waals surface area contributed by atoms with Crippen LogP contribution in [0.1, 0.15) is 39.0 Å². The van der Waals surface area contributed by atoms with E-state index in [1.165, 1.54) is 31.1 Å². The van der Waals surface area contributed by atoms with Crippen molar-refractivity contribution in [2.24, 2.45) is 34.5 Å². The molecule has 12 heteroatoms. The average molecular weight is 579 g/mol. The van der Waals surface area contributed by atoms with Crippen molar-refractivity contribution >= 4 is 29.0 Å². The summed E-state index contributed by atoms with van der Waals surface area (Å²) in [6, 6.07) is 11.4. The molecule has 2 saturated carbocycles. The first kappa shape index (κ1) is 29.3. The quantitative estimate of drug-likeness (QED) is 0.251. The third-order valence-corrected chi connectivity index (χ3v) is 8.81. The van der Waals surface area contributed by atoms with Crippen LogP contribution in [0.4, 0.5) is 0 Å². The van der Waals surface area contributed by atoms with E-state index in [1.54, 1.807) is 30.3 Å². The molecular formula is C31H26N6O6. The molecular weight excluding hydrogens is 552 g/mol. The number of phenols is 1. The van der Waals surface area contributed by atoms with Gasteiger partial charge in [0.05, 0.1) is 34.8 Å². The SMILES string of the molecule is CN(C)[C@@H]1C(=O)C(C(N)=O)C(=O)[C@@]2(C#N)C(=O)C3C(=O)c4c(O)ccc(C#Cc5cccc(C#N)c5)c4C[C@@]3(N)C[C@@]12N. The lowest BCUT2D eigenvalue weighted by molar-refractivity contribution is -0.166. The van der Waals surface area contributed by atoms with E-state index < -0.39 is 75.6 Å². The van der Waals surface area contributed by atoms with Gasteiger partial charge in [-0.05, 0) is 62.8 Å². The Bertz CT molecular complexity index is 1830. The number of hydrogen-bond acceptors (Lipinski definition) is 11. The molecule has 2 aromatic rings. The van der Waals surface area contributed by atoms with Gasteiger partial charge >= 0.3 is 0 Å². The van der Waals surface area contributed by atoms with Gasteiger partial charge in [-0.2, -0.15) is 10.5 Å². The average Bonchev–Trinajstić information content (AvgIpc) is 2.91. The number of ketones is 4. The molecule has 12 nitrogen and oxygen atoms in total. The van der Waals surface area contributed by atoms with Gasteiger partial charge in [-0.25, -0.2) is 0 Å². The van der Waals surface area contributed by atoms with Gasteiger partial charge in [0.15, 0.2) is 34.5 Å². The standard InChI is InChI=1S/C31H26N6O6/c1-37(2)25-24(40)21(28(34)43)26(41)30(14-33)27(42)22-23(39)20-18(11-29(22,35)13-31(25,30)36)17(8-9-19(20)38)7-6-15-4-3-5-16(10-15)12-32/h3-5,8-10,21-22,25,38H,11,13,35-36H2,1-2H3,(H2,34,43)/t21?,22?,25-,29-,30+,31-/m1/s1. The molecule has 0 bridgehead atoms. The molecule has 6 atom stereocenters. The Morgan fingerprint density at radius 3 is 2.30 bits per heavy atom. The predicted octanol–water partition coefficient (Wildman–Crippen LogP) is -0.920. The third kappa shape index (κ3) is 3.84. The number of nitrogens with two attached hydrogens (primary N) is 3. The number of carbonyl (C=O) groups excluding carboxylic acids is 5. The van der Waals surface area contributed by atoms with Crippen molar-refractivity contribution in [3.8, 4) is 29.7 Å². The molecule has 3 aliphatic rings. The van der Waals surface area contributed by atoms with Crippen molar-refractivity contribution in [2.45, 2.75) is 30.0 Å². The molecule has 2 aromatic carbocycles. The summed E-state index contributed by atoms with van der Waals surface area (Å²) in [6.45, 7) is 0. The number of likely N-dealkylation sites (N-methyl/N-ethyl adjacent to an activating group) is 1. The normalized spacial score (nSPS) is 31.1. The second-order valence-corrected chi connectivity index (χ2v) is 11.5. The number of primary amides is 1. The Balaban J connectivity index is 1.72. The predicted molar refractivity (Wildman–Crippen MR) is 148 cm³/mol. The summed E-state index contributed by atoms with van der Waals surface area (Å²) in [6.07, 6.45) is -0.753. The topological polar surface area (TPSA) is 234 Å². The Labute approximate surface area is 246 Å². The minimum Gasteiger partial charge on any atom is -0.507 e. The van der Waals surface area contributed by atoms with Gasteiger partial charge in [0.2, 0.25) is 5.91 Å². The molecule has 2 fully saturated rings. The number of hydrogen-bond donors (Lipinski definition) is 4. The van der Waals surface area contributed by atoms with Crippen LogP contribution in [0, 0.1) is 51.8 Å². The molecule has 5 rings (SSSR count). The first-order chi connectivity index (χ1) is 20.2. The van der Waals surface area contributed by atoms with Crippen LogP contribution in [-0.4, -0.2) is 70.3 Å². The van der Waals surface area contributed by atoms with Gasteiger partial charge in [-0.3, -0.25) is 28.9 Å². The van der Waals surface area contributed by atoms with E-state index in [1.807, 2.05) is 6.07 Å². The Kier molecular flexibility index (Phi) is 6.60. The van der Waals surface area contributed by atoms with Crippen LogP contribution in [0.5, 0.6) is 5.75 Å². The fraction of sp³-hybridized carbons (Fsp3) is 0.323. The molecule has 0 heterocycles. The number of fused-ring (bicyclic) bond motifs is 3. The highest BCUT2D eigenvalue weighted by atomic mass is 16.3. The van der Waals surface area contributed by atoms with Crippen molar-refractivity contribution in [2.75, 3.05) is 14.1 Å². The van der Waals surface area contributed by atoms with Crippen LogP contribution < -0.4 is 17.2 Å². The summed E-state index contributed by atoms with van der Waals surface area (Å²) >= 11 is 0. The van der Waals surface area contributed by atoms with Crippen LogP contribution in [0.15, 0.2) is 36.4 Å². The zero-order chi connectivity index (χ0) is 31.6. The van der Waals surface area contributed by atoms with Crippen molar-refractivity contribution in [1.29, 1.82) is 10.5 Å². The van der Waals surface area contributed by atoms with Gasteiger partial charge in [-0.15, -0.1) is 0 Å². The smallest absolute Gasteiger partial charge is 0.235 e. The molecule has 0 aliphatic heterocycles. The molecule has 3 aliphatic carbocycles. The number of nitrogens with zero attached hydrogens (tertiary/aromatic N) is 3. The van der Waals surface area contributed by atoms with Gasteiger partial charge in [-0.1, -0.05) is 17.9 Å². The lowest BCUT2D eigenvalue weighted by Gasteiger charge is -2.60. The van der Waals surface area contributed by atoms with Crippen LogP contribution in [0.25, 0.3) is 0 Å². The number of benzene rings is 2. The van der Waals surface area contributed by atoms with E-state index in [2.05, 4.69) is 11.8 Å². The Hall–Kier alpha value is -5.19. The fourth-order valence-electron chi connectivity index (χ4n) is 7.13. The first-order valence-electron chi connectivity index (χ1n) is 13.2. The fourth-order valence-corrected chi connectivity index (χ4v) is 7.13. The molecule has 0 spiro atoms. The monoisotopic (exact) mass is 578 g/mol. The number of aromatic hydroxyl groups is 1. The Morgan fingerprint density at radius 2 is 1.70 bits per heavy atom. The van der Waals surface area contributed by atoms with Crippen LogP contribution in [0.2, 0.25) is 0 Å². The number of rotatable bonds is 2. The summed E-state index contributed by atoms with van der Waals surface area (Å²) in [4.78, 5) is 69.3. The molecule has 7 N–H and O–H groups in total. The summed E-state index contributed by atoms with van der Waals surface area (Å²) in [5.41, 5.74) is 13.4. The second-order valence-electron chi connectivity index (χ2n) is 11.5. The lowest BCUT2D eigenvalue weighted by atomic mass is 9.42. The maximum absolute atomic E-state index is 14.4. The number of carbonyl (C=O) groups is 5. The molecule has 0 aromatic heterocycles. The molecule has 2 unspecified atom stereocenters. The van der Waals surface area contributed by atoms with E-state index in [0.717, 1.165) is 0 Å². The molecule has 43 heavy (non-hydrogen) atoms. The van der Waals surface area contributed by atoms with E-state index >= 15 is 0 Å². The summed E-state index contributed by atoms with van der Waals surface area (Å²) in [7, 11) is 2.86. The van der Waals surface area contributed by atoms with Crippen LogP contribution in [-0.2, 0) is 25.6 Å². The summed E-state index contributed by atoms with van der Waals surface area (Å²) in [5, 5.41) is 30.4. The maximum atomic E-state index is 14.4. The Morgan fingerprint density at radius 1 is 1.02 bits per heavy atom. The van der Waals surface area contributed by atoms with Gasteiger partial charge in [0.1, 0.15) is 11.7 Å². The van der Waals surface area contributed by atoms with E-state index in [9.17, 15) is 39.6 Å². The van der Waals surface area contributed by atoms with Gasteiger partial charge in [0.25, 0.3) is 0 Å². The van der Waals surface area contributed by atoms with Crippen molar-refractivity contribution in [3.05, 3.63) is 64.2 Å². The highest BCUT2D eigenvalue weighted by Crippen LogP contribution is 2.56. The highest BCUT2D eigenvalue weighted by Gasteiger charge is 2.78. The lowest BCUT2D eigenvalue weighted by Crippen LogP contribution is -2.85. The number of amides is 1. The van der Waals surface area contributed by atoms with Crippen LogP contribution >= 0.6 is 0 Å². The molecule has 0 saturated heterocycles. The summed E-state index contributed by atoms with van der Waals surface area (Å²) in [5.74, 6) is -4.46. The van der Waals surface area contributed by atoms with Crippen molar-refractivity contribution in [3.63, 3.8) is 0 Å². The van der Waals surface area contributed by atoms with Gasteiger partial charge < -0.3 is 22.3 Å². The number of Topliss-reactive ketones (excluding diaryl/α,β-unsaturated/α-hetero) is 4. The molecule has 1 amide bonds. The minimum absolute atomic E-state index is 0.221. The third-order valence-electron chi connectivity index (χ3n) is 8.81. The highest BCUT2D eigenvalue weighted by molar-refractivity contribution is 6.33.